The highest BCUT2D eigenvalue weighted by molar-refractivity contribution is 5.71. The van der Waals surface area contributed by atoms with Crippen LogP contribution in [0.25, 0.3) is 0 Å². The van der Waals surface area contributed by atoms with Crippen molar-refractivity contribution in [2.75, 3.05) is 13.2 Å². The summed E-state index contributed by atoms with van der Waals surface area (Å²) in [5, 5.41) is 0. The Labute approximate surface area is 406 Å². The Morgan fingerprint density at radius 3 is 0.754 bits per heavy atom. The minimum absolute atomic E-state index is 0.0626. The summed E-state index contributed by atoms with van der Waals surface area (Å²) in [6, 6.07) is 0. The topological polar surface area (TPSA) is 78.9 Å². The Balaban J connectivity index is 4.22. The van der Waals surface area contributed by atoms with E-state index in [0.29, 0.717) is 19.3 Å². The number of hydrogen-bond donors (Lipinski definition) is 0. The zero-order valence-electron chi connectivity index (χ0n) is 44.5. The van der Waals surface area contributed by atoms with Crippen LogP contribution in [0.1, 0.15) is 336 Å². The summed E-state index contributed by atoms with van der Waals surface area (Å²) in [5.74, 6) is -0.0578. The molecule has 0 fully saturated rings. The van der Waals surface area contributed by atoms with Crippen molar-refractivity contribution in [3.05, 3.63) is 0 Å². The summed E-state index contributed by atoms with van der Waals surface area (Å²) >= 11 is 0. The van der Waals surface area contributed by atoms with Crippen LogP contribution >= 0.6 is 0 Å². The number of rotatable bonds is 54. The number of carbonyl (C=O) groups excluding carboxylic acids is 3. The first-order chi connectivity index (χ1) is 31.9. The second kappa shape index (κ2) is 53.4. The molecule has 0 heterocycles. The molecular weight excluding hydrogens is 805 g/mol. The highest BCUT2D eigenvalue weighted by Crippen LogP contribution is 2.18. The zero-order valence-corrected chi connectivity index (χ0v) is 44.5. The Kier molecular flexibility index (Phi) is 52.1. The van der Waals surface area contributed by atoms with Crippen molar-refractivity contribution in [1.29, 1.82) is 0 Å². The molecule has 0 saturated heterocycles. The number of hydrogen-bond acceptors (Lipinski definition) is 6. The van der Waals surface area contributed by atoms with Gasteiger partial charge in [0.2, 0.25) is 0 Å². The molecule has 6 heteroatoms. The summed E-state index contributed by atoms with van der Waals surface area (Å²) in [4.78, 5) is 38.1. The third-order valence-electron chi connectivity index (χ3n) is 13.5. The van der Waals surface area contributed by atoms with Crippen LogP contribution in [0.15, 0.2) is 0 Å². The second-order valence-corrected chi connectivity index (χ2v) is 20.8. The molecule has 0 spiro atoms. The van der Waals surface area contributed by atoms with E-state index in [2.05, 4.69) is 27.7 Å². The van der Waals surface area contributed by atoms with Gasteiger partial charge in [0.1, 0.15) is 13.2 Å². The lowest BCUT2D eigenvalue weighted by Crippen LogP contribution is -2.30. The Morgan fingerprint density at radius 1 is 0.292 bits per heavy atom. The summed E-state index contributed by atoms with van der Waals surface area (Å²) in [6.07, 6.45) is 58.3. The summed E-state index contributed by atoms with van der Waals surface area (Å²) in [6.45, 7) is 9.01. The van der Waals surface area contributed by atoms with Gasteiger partial charge in [-0.2, -0.15) is 0 Å². The quantitative estimate of drug-likeness (QED) is 0.0344. The van der Waals surface area contributed by atoms with Crippen LogP contribution in [0.3, 0.4) is 0 Å². The van der Waals surface area contributed by atoms with E-state index in [1.807, 2.05) is 0 Å². The first-order valence-electron chi connectivity index (χ1n) is 29.4. The lowest BCUT2D eigenvalue weighted by atomic mass is 10.0. The van der Waals surface area contributed by atoms with Gasteiger partial charge >= 0.3 is 17.9 Å². The molecule has 0 unspecified atom stereocenters. The summed E-state index contributed by atoms with van der Waals surface area (Å²) in [7, 11) is 0. The first-order valence-corrected chi connectivity index (χ1v) is 29.4. The molecule has 0 aliphatic rings. The van der Waals surface area contributed by atoms with Crippen LogP contribution in [0.4, 0.5) is 0 Å². The fraction of sp³-hybridized carbons (Fsp3) is 0.949. The summed E-state index contributed by atoms with van der Waals surface area (Å²) in [5.41, 5.74) is 0. The highest BCUT2D eigenvalue weighted by Gasteiger charge is 2.19. The van der Waals surface area contributed by atoms with E-state index in [9.17, 15) is 14.4 Å². The van der Waals surface area contributed by atoms with Crippen LogP contribution in [-0.4, -0.2) is 37.2 Å². The van der Waals surface area contributed by atoms with Crippen LogP contribution in [0.2, 0.25) is 0 Å². The van der Waals surface area contributed by atoms with Crippen molar-refractivity contribution >= 4 is 17.9 Å². The van der Waals surface area contributed by atoms with E-state index >= 15 is 0 Å². The van der Waals surface area contributed by atoms with Crippen molar-refractivity contribution in [2.24, 2.45) is 5.92 Å². The number of ether oxygens (including phenoxy) is 3. The molecule has 0 aromatic heterocycles. The third kappa shape index (κ3) is 53.2. The maximum Gasteiger partial charge on any atom is 0.306 e. The maximum absolute atomic E-state index is 12.8. The minimum Gasteiger partial charge on any atom is -0.462 e. The van der Waals surface area contributed by atoms with Gasteiger partial charge in [-0.15, -0.1) is 0 Å². The van der Waals surface area contributed by atoms with Gasteiger partial charge in [0.25, 0.3) is 0 Å². The predicted molar refractivity (Wildman–Crippen MR) is 280 cm³/mol. The van der Waals surface area contributed by atoms with Gasteiger partial charge in [-0.05, 0) is 25.2 Å². The monoisotopic (exact) mass is 919 g/mol. The third-order valence-corrected chi connectivity index (χ3v) is 13.5. The van der Waals surface area contributed by atoms with E-state index in [-0.39, 0.29) is 31.1 Å². The van der Waals surface area contributed by atoms with Crippen molar-refractivity contribution in [1.82, 2.24) is 0 Å². The van der Waals surface area contributed by atoms with E-state index < -0.39 is 6.10 Å². The first kappa shape index (κ1) is 63.4. The largest absolute Gasteiger partial charge is 0.462 e. The van der Waals surface area contributed by atoms with Crippen molar-refractivity contribution in [3.63, 3.8) is 0 Å². The average Bonchev–Trinajstić information content (AvgIpc) is 3.29. The minimum atomic E-state index is -0.762. The van der Waals surface area contributed by atoms with E-state index in [1.165, 1.54) is 231 Å². The number of esters is 3. The van der Waals surface area contributed by atoms with Gasteiger partial charge < -0.3 is 14.2 Å². The lowest BCUT2D eigenvalue weighted by molar-refractivity contribution is -0.167. The van der Waals surface area contributed by atoms with E-state index in [4.69, 9.17) is 14.2 Å². The SMILES string of the molecule is CCCCCCCCCCCCCCCCCCCCCC(=O)OC[C@@H](COC(=O)CCCCCCCCCC(C)C)OC(=O)CCCCCCCCCCCCCCCCCCCC. The smallest absolute Gasteiger partial charge is 0.306 e. The fourth-order valence-electron chi connectivity index (χ4n) is 9.10. The molecule has 0 rings (SSSR count). The predicted octanol–water partition coefficient (Wildman–Crippen LogP) is 19.4. The molecular formula is C59H114O6. The molecule has 0 aliphatic heterocycles. The van der Waals surface area contributed by atoms with E-state index in [0.717, 1.165) is 63.7 Å². The molecule has 0 radical (unpaired) electrons. The van der Waals surface area contributed by atoms with Crippen LogP contribution in [0.5, 0.6) is 0 Å². The molecule has 386 valence electrons. The molecule has 0 aliphatic carbocycles. The van der Waals surface area contributed by atoms with Crippen molar-refractivity contribution < 1.29 is 28.6 Å². The Bertz CT molecular complexity index is 980. The van der Waals surface area contributed by atoms with Gasteiger partial charge in [0.05, 0.1) is 0 Å². The van der Waals surface area contributed by atoms with Crippen LogP contribution in [-0.2, 0) is 28.6 Å². The Morgan fingerprint density at radius 2 is 0.508 bits per heavy atom. The lowest BCUT2D eigenvalue weighted by Gasteiger charge is -2.18. The zero-order chi connectivity index (χ0) is 47.4. The maximum atomic E-state index is 12.8. The molecule has 0 aromatic rings. The van der Waals surface area contributed by atoms with Gasteiger partial charge in [-0.25, -0.2) is 0 Å². The number of unbranched alkanes of at least 4 members (excludes halogenated alkanes) is 41. The number of carbonyl (C=O) groups is 3. The fourth-order valence-corrected chi connectivity index (χ4v) is 9.10. The average molecular weight is 920 g/mol. The van der Waals surface area contributed by atoms with Crippen LogP contribution < -0.4 is 0 Å². The van der Waals surface area contributed by atoms with Gasteiger partial charge in [-0.1, -0.05) is 297 Å². The standard InChI is InChI=1S/C59H114O6/c1-5-7-9-11-13-15-17-19-21-23-25-27-28-30-32-34-38-42-46-50-57(60)63-53-56(54-64-58(61)51-47-43-40-36-37-41-45-49-55(3)4)65-59(62)52-48-44-39-35-33-31-29-26-24-22-20-18-16-14-12-10-8-6-2/h55-56H,5-54H2,1-4H3/t56-/m0/s1. The molecule has 1 atom stereocenters. The molecule has 6 nitrogen and oxygen atoms in total. The Hall–Kier alpha value is -1.59. The van der Waals surface area contributed by atoms with Gasteiger partial charge in [-0.3, -0.25) is 14.4 Å². The molecule has 65 heavy (non-hydrogen) atoms. The molecule has 0 saturated carbocycles. The molecule has 0 aromatic carbocycles. The van der Waals surface area contributed by atoms with E-state index in [1.54, 1.807) is 0 Å². The van der Waals surface area contributed by atoms with Gasteiger partial charge in [0.15, 0.2) is 6.10 Å². The van der Waals surface area contributed by atoms with Gasteiger partial charge in [0, 0.05) is 19.3 Å². The second-order valence-electron chi connectivity index (χ2n) is 20.8. The molecule has 0 N–H and O–H groups in total. The molecule has 0 bridgehead atoms. The van der Waals surface area contributed by atoms with Crippen molar-refractivity contribution in [3.8, 4) is 0 Å². The molecule has 0 amide bonds. The van der Waals surface area contributed by atoms with Crippen LogP contribution in [0, 0.1) is 5.92 Å². The summed E-state index contributed by atoms with van der Waals surface area (Å²) < 4.78 is 16.9. The highest BCUT2D eigenvalue weighted by atomic mass is 16.6. The normalized spacial score (nSPS) is 12.0. The van der Waals surface area contributed by atoms with Crippen molar-refractivity contribution in [2.45, 2.75) is 342 Å².